The Labute approximate surface area is 283 Å². The molecule has 49 heavy (non-hydrogen) atoms. The SMILES string of the molecule is Cc1cc(C(F)(F)F)c(C#N)c(NC2CCN(CCN3CCOC4(CCN(C(=O)/C=C/CN(C)C)C4)C3)c3c(F)cccc3N(C)C2=O)n1. The third kappa shape index (κ3) is 8.14. The number of carbonyl (C=O) groups is 2. The van der Waals surface area contributed by atoms with Gasteiger partial charge in [0.25, 0.3) is 0 Å². The Morgan fingerprint density at radius 1 is 1.22 bits per heavy atom. The van der Waals surface area contributed by atoms with Crippen molar-refractivity contribution in [2.75, 3.05) is 95.2 Å². The maximum Gasteiger partial charge on any atom is 0.417 e. The molecule has 0 radical (unpaired) electrons. The van der Waals surface area contributed by atoms with Crippen LogP contribution in [0.25, 0.3) is 0 Å². The third-order valence-corrected chi connectivity index (χ3v) is 9.21. The molecule has 0 saturated carbocycles. The van der Waals surface area contributed by atoms with Crippen LogP contribution in [0.4, 0.5) is 34.8 Å². The summed E-state index contributed by atoms with van der Waals surface area (Å²) in [5.41, 5.74) is -1.72. The van der Waals surface area contributed by atoms with Gasteiger partial charge in [0, 0.05) is 64.6 Å². The Morgan fingerprint density at radius 2 is 2.00 bits per heavy atom. The van der Waals surface area contributed by atoms with Crippen molar-refractivity contribution in [3.63, 3.8) is 0 Å². The number of aromatic nitrogens is 1. The highest BCUT2D eigenvalue weighted by atomic mass is 19.4. The number of para-hydroxylation sites is 1. The number of rotatable bonds is 8. The summed E-state index contributed by atoms with van der Waals surface area (Å²) in [4.78, 5) is 39.8. The van der Waals surface area contributed by atoms with Gasteiger partial charge in [-0.3, -0.25) is 14.5 Å². The first-order valence-electron chi connectivity index (χ1n) is 16.2. The van der Waals surface area contributed by atoms with Gasteiger partial charge in [0.05, 0.1) is 30.1 Å². The van der Waals surface area contributed by atoms with E-state index in [9.17, 15) is 28.0 Å². The number of pyridine rings is 1. The number of amides is 2. The van der Waals surface area contributed by atoms with E-state index < -0.39 is 40.7 Å². The number of hydrogen-bond acceptors (Lipinski definition) is 9. The van der Waals surface area contributed by atoms with Gasteiger partial charge in [0.1, 0.15) is 34.9 Å². The van der Waals surface area contributed by atoms with E-state index in [1.165, 1.54) is 31.0 Å². The highest BCUT2D eigenvalue weighted by molar-refractivity contribution is 6.01. The molecule has 11 nitrogen and oxygen atoms in total. The number of fused-ring (bicyclic) bond motifs is 1. The van der Waals surface area contributed by atoms with Crippen LogP contribution in [0.2, 0.25) is 0 Å². The second-order valence-electron chi connectivity index (χ2n) is 13.1. The zero-order chi connectivity index (χ0) is 35.5. The van der Waals surface area contributed by atoms with E-state index in [0.717, 1.165) is 6.07 Å². The van der Waals surface area contributed by atoms with E-state index in [2.05, 4.69) is 15.2 Å². The number of hydrogen-bond donors (Lipinski definition) is 1. The number of nitrogens with zero attached hydrogens (tertiary/aromatic N) is 7. The fourth-order valence-corrected chi connectivity index (χ4v) is 6.72. The van der Waals surface area contributed by atoms with Crippen molar-refractivity contribution in [1.82, 2.24) is 19.7 Å². The lowest BCUT2D eigenvalue weighted by Crippen LogP contribution is -2.55. The molecule has 2 fully saturated rings. The molecule has 4 heterocycles. The van der Waals surface area contributed by atoms with Gasteiger partial charge in [0.15, 0.2) is 0 Å². The molecule has 0 bridgehead atoms. The quantitative estimate of drug-likeness (QED) is 0.330. The van der Waals surface area contributed by atoms with Crippen LogP contribution in [0.15, 0.2) is 36.4 Å². The van der Waals surface area contributed by atoms with Crippen LogP contribution >= 0.6 is 0 Å². The summed E-state index contributed by atoms with van der Waals surface area (Å²) in [5, 5.41) is 12.5. The number of aryl methyl sites for hydroxylation is 1. The Kier molecular flexibility index (Phi) is 10.8. The Morgan fingerprint density at radius 3 is 2.71 bits per heavy atom. The first-order valence-corrected chi connectivity index (χ1v) is 16.2. The van der Waals surface area contributed by atoms with Crippen LogP contribution < -0.4 is 15.1 Å². The Bertz CT molecular complexity index is 1630. The maximum atomic E-state index is 15.5. The number of alkyl halides is 3. The van der Waals surface area contributed by atoms with Gasteiger partial charge in [-0.15, -0.1) is 0 Å². The fourth-order valence-electron chi connectivity index (χ4n) is 6.72. The molecule has 3 aliphatic heterocycles. The second kappa shape index (κ2) is 14.7. The van der Waals surface area contributed by atoms with Gasteiger partial charge in [-0.2, -0.15) is 18.4 Å². The van der Waals surface area contributed by atoms with E-state index >= 15 is 4.39 Å². The van der Waals surface area contributed by atoms with Crippen LogP contribution in [0.1, 0.15) is 29.7 Å². The van der Waals surface area contributed by atoms with E-state index in [-0.39, 0.29) is 36.1 Å². The van der Waals surface area contributed by atoms with Crippen molar-refractivity contribution in [1.29, 1.82) is 5.26 Å². The van der Waals surface area contributed by atoms with E-state index in [4.69, 9.17) is 4.74 Å². The number of benzene rings is 1. The predicted molar refractivity (Wildman–Crippen MR) is 177 cm³/mol. The van der Waals surface area contributed by atoms with Crippen LogP contribution in [0.3, 0.4) is 0 Å². The summed E-state index contributed by atoms with van der Waals surface area (Å²) < 4.78 is 63.1. The van der Waals surface area contributed by atoms with Gasteiger partial charge in [0.2, 0.25) is 11.8 Å². The summed E-state index contributed by atoms with van der Waals surface area (Å²) in [6, 6.07) is 5.81. The molecule has 2 unspecified atom stereocenters. The zero-order valence-corrected chi connectivity index (χ0v) is 28.2. The number of nitriles is 1. The number of nitrogens with one attached hydrogen (secondary N) is 1. The lowest BCUT2D eigenvalue weighted by molar-refractivity contribution is -0.137. The highest BCUT2D eigenvalue weighted by Crippen LogP contribution is 2.37. The molecule has 1 spiro atoms. The monoisotopic (exact) mass is 686 g/mol. The molecule has 2 saturated heterocycles. The van der Waals surface area contributed by atoms with Crippen LogP contribution in [0, 0.1) is 24.1 Å². The van der Waals surface area contributed by atoms with Gasteiger partial charge in [-0.1, -0.05) is 12.1 Å². The van der Waals surface area contributed by atoms with Crippen molar-refractivity contribution < 1.29 is 31.9 Å². The minimum absolute atomic E-state index is 0.0355. The lowest BCUT2D eigenvalue weighted by atomic mass is 10.0. The molecule has 0 aliphatic carbocycles. The first-order chi connectivity index (χ1) is 23.2. The summed E-state index contributed by atoms with van der Waals surface area (Å²) in [6.45, 7) is 5.97. The fraction of sp³-hybridized carbons (Fsp3) is 0.529. The zero-order valence-electron chi connectivity index (χ0n) is 28.2. The molecular formula is C34H42F4N8O3. The normalized spacial score (nSPS) is 22.1. The largest absolute Gasteiger partial charge is 0.417 e. The number of halogens is 4. The number of anilines is 3. The van der Waals surface area contributed by atoms with Gasteiger partial charge >= 0.3 is 6.18 Å². The van der Waals surface area contributed by atoms with Crippen LogP contribution in [0.5, 0.6) is 0 Å². The Hall–Kier alpha value is -4.26. The number of ether oxygens (including phenoxy) is 1. The van der Waals surface area contributed by atoms with Crippen LogP contribution in [-0.2, 0) is 20.5 Å². The second-order valence-corrected chi connectivity index (χ2v) is 13.1. The summed E-state index contributed by atoms with van der Waals surface area (Å²) in [7, 11) is 5.35. The van der Waals surface area contributed by atoms with Crippen molar-refractivity contribution >= 4 is 29.0 Å². The van der Waals surface area contributed by atoms with E-state index in [0.29, 0.717) is 64.5 Å². The first kappa shape index (κ1) is 36.0. The minimum Gasteiger partial charge on any atom is -0.370 e. The highest BCUT2D eigenvalue weighted by Gasteiger charge is 2.44. The molecule has 2 amide bonds. The number of carbonyl (C=O) groups excluding carboxylic acids is 2. The number of morpholine rings is 1. The van der Waals surface area contributed by atoms with E-state index in [1.807, 2.05) is 30.0 Å². The molecule has 2 atom stereocenters. The third-order valence-electron chi connectivity index (χ3n) is 9.21. The van der Waals surface area contributed by atoms with Gasteiger partial charge in [-0.25, -0.2) is 9.37 Å². The number of likely N-dealkylation sites (N-methyl/N-ethyl adjacent to an activating group) is 2. The smallest absolute Gasteiger partial charge is 0.370 e. The minimum atomic E-state index is -4.79. The molecule has 15 heteroatoms. The molecule has 264 valence electrons. The molecule has 5 rings (SSSR count). The average Bonchev–Trinajstić information content (AvgIpc) is 3.45. The van der Waals surface area contributed by atoms with Crippen molar-refractivity contribution in [3.8, 4) is 6.07 Å². The van der Waals surface area contributed by atoms with Crippen molar-refractivity contribution in [3.05, 3.63) is 59.1 Å². The number of likely N-dealkylation sites (tertiary alicyclic amines) is 1. The molecule has 3 aliphatic rings. The molecule has 2 aromatic rings. The predicted octanol–water partition coefficient (Wildman–Crippen LogP) is 3.49. The molecule has 1 aromatic carbocycles. The lowest BCUT2D eigenvalue weighted by Gasteiger charge is -2.42. The molecule has 1 N–H and O–H groups in total. The van der Waals surface area contributed by atoms with Crippen LogP contribution in [-0.4, -0.2) is 123 Å². The van der Waals surface area contributed by atoms with Gasteiger partial charge < -0.3 is 29.7 Å². The average molecular weight is 687 g/mol. The van der Waals surface area contributed by atoms with E-state index in [1.54, 1.807) is 23.1 Å². The maximum absolute atomic E-state index is 15.5. The summed E-state index contributed by atoms with van der Waals surface area (Å²) in [6.07, 6.45) is -0.553. The topological polar surface area (TPSA) is 108 Å². The standard InChI is InChI=1S/C34H42F4N8O3/c1-23-19-25(34(36,37)38)24(20-39)31(40-23)41-27-10-13-45(30-26(35)7-5-8-28(30)43(4)32(27)48)16-15-44-17-18-49-33(21-44)11-14-46(22-33)29(47)9-6-12-42(2)3/h5-9,19,27H,10-18,21-22H2,1-4H3,(H,40,41)/b9-6+. The molecular weight excluding hydrogens is 644 g/mol. The molecule has 1 aromatic heterocycles. The summed E-state index contributed by atoms with van der Waals surface area (Å²) in [5.74, 6) is -1.38. The van der Waals surface area contributed by atoms with Crippen molar-refractivity contribution in [2.24, 2.45) is 0 Å². The van der Waals surface area contributed by atoms with Gasteiger partial charge in [-0.05, 0) is 52.1 Å². The van der Waals surface area contributed by atoms with Crippen molar-refractivity contribution in [2.45, 2.75) is 37.6 Å². The summed E-state index contributed by atoms with van der Waals surface area (Å²) >= 11 is 0. The Balaban J connectivity index is 1.32.